The molecule has 4 heteroatoms. The molecular formula is C16H23ClN2S. The second-order valence-electron chi connectivity index (χ2n) is 6.66. The van der Waals surface area contributed by atoms with Gasteiger partial charge in [-0.1, -0.05) is 11.6 Å². The Morgan fingerprint density at radius 1 is 1.30 bits per heavy atom. The average Bonchev–Trinajstić information content (AvgIpc) is 3.05. The molecule has 1 saturated carbocycles. The lowest BCUT2D eigenvalue weighted by molar-refractivity contribution is 0.307. The minimum Gasteiger partial charge on any atom is -0.310 e. The lowest BCUT2D eigenvalue weighted by atomic mass is 9.93. The summed E-state index contributed by atoms with van der Waals surface area (Å²) in [6.45, 7) is 3.83. The third kappa shape index (κ3) is 2.78. The highest BCUT2D eigenvalue weighted by Gasteiger charge is 2.34. The molecule has 2 atom stereocenters. The highest BCUT2D eigenvalue weighted by molar-refractivity contribution is 7.16. The van der Waals surface area contributed by atoms with Crippen molar-refractivity contribution in [3.8, 4) is 0 Å². The van der Waals surface area contributed by atoms with Crippen molar-refractivity contribution in [3.05, 3.63) is 20.8 Å². The van der Waals surface area contributed by atoms with E-state index in [1.807, 2.05) is 0 Å². The number of hydrogen-bond donors (Lipinski definition) is 1. The predicted octanol–water partition coefficient (Wildman–Crippen LogP) is 3.85. The van der Waals surface area contributed by atoms with Gasteiger partial charge in [0, 0.05) is 23.5 Å². The summed E-state index contributed by atoms with van der Waals surface area (Å²) in [6.07, 6.45) is 8.08. The average molecular weight is 311 g/mol. The van der Waals surface area contributed by atoms with Crippen molar-refractivity contribution < 1.29 is 0 Å². The van der Waals surface area contributed by atoms with Gasteiger partial charge in [-0.25, -0.2) is 0 Å². The number of aryl methyl sites for hydroxylation is 1. The monoisotopic (exact) mass is 310 g/mol. The number of rotatable bonds is 4. The number of fused-ring (bicyclic) bond motifs is 1. The van der Waals surface area contributed by atoms with Gasteiger partial charge in [0.1, 0.15) is 0 Å². The van der Waals surface area contributed by atoms with Gasteiger partial charge in [-0.2, -0.15) is 0 Å². The van der Waals surface area contributed by atoms with Crippen molar-refractivity contribution in [2.24, 2.45) is 5.92 Å². The molecule has 0 aromatic carbocycles. The SMILES string of the molecule is Clc1cc2c(s1)CCCC2NCC1CCN(C2CC2)C1. The largest absolute Gasteiger partial charge is 0.310 e. The maximum absolute atomic E-state index is 6.19. The molecule has 2 unspecified atom stereocenters. The first-order chi connectivity index (χ1) is 9.79. The zero-order chi connectivity index (χ0) is 13.5. The predicted molar refractivity (Wildman–Crippen MR) is 85.7 cm³/mol. The molecule has 0 amide bonds. The van der Waals surface area contributed by atoms with Crippen LogP contribution in [0.2, 0.25) is 4.34 Å². The van der Waals surface area contributed by atoms with Crippen LogP contribution in [-0.4, -0.2) is 30.6 Å². The fourth-order valence-corrected chi connectivity index (χ4v) is 5.23. The van der Waals surface area contributed by atoms with E-state index in [1.165, 1.54) is 68.6 Å². The Hall–Kier alpha value is -0.0900. The second-order valence-corrected chi connectivity index (χ2v) is 8.43. The molecule has 20 heavy (non-hydrogen) atoms. The number of likely N-dealkylation sites (tertiary alicyclic amines) is 1. The molecule has 0 radical (unpaired) electrons. The zero-order valence-corrected chi connectivity index (χ0v) is 13.5. The quantitative estimate of drug-likeness (QED) is 0.908. The van der Waals surface area contributed by atoms with Crippen molar-refractivity contribution >= 4 is 22.9 Å². The van der Waals surface area contributed by atoms with Crippen LogP contribution in [-0.2, 0) is 6.42 Å². The fraction of sp³-hybridized carbons (Fsp3) is 0.750. The summed E-state index contributed by atoms with van der Waals surface area (Å²) in [5, 5.41) is 3.83. The highest BCUT2D eigenvalue weighted by Crippen LogP contribution is 2.38. The Kier molecular flexibility index (Phi) is 3.80. The van der Waals surface area contributed by atoms with Crippen LogP contribution in [0.15, 0.2) is 6.07 Å². The van der Waals surface area contributed by atoms with Crippen molar-refractivity contribution in [3.63, 3.8) is 0 Å². The molecular weight excluding hydrogens is 288 g/mol. The third-order valence-electron chi connectivity index (χ3n) is 5.12. The van der Waals surface area contributed by atoms with E-state index in [4.69, 9.17) is 11.6 Å². The maximum atomic E-state index is 6.19. The number of hydrogen-bond acceptors (Lipinski definition) is 3. The first-order valence-electron chi connectivity index (χ1n) is 8.05. The van der Waals surface area contributed by atoms with Crippen LogP contribution in [0.3, 0.4) is 0 Å². The standard InChI is InChI=1S/C16H23ClN2S/c17-16-8-13-14(2-1-3-15(13)20-16)18-9-11-6-7-19(10-11)12-4-5-12/h8,11-12,14,18H,1-7,9-10H2. The van der Waals surface area contributed by atoms with Gasteiger partial charge in [0.05, 0.1) is 4.34 Å². The maximum Gasteiger partial charge on any atom is 0.0934 e. The van der Waals surface area contributed by atoms with Crippen molar-refractivity contribution in [2.75, 3.05) is 19.6 Å². The minimum atomic E-state index is 0.553. The zero-order valence-electron chi connectivity index (χ0n) is 11.9. The van der Waals surface area contributed by atoms with E-state index < -0.39 is 0 Å². The van der Waals surface area contributed by atoms with Crippen LogP contribution in [0.1, 0.15) is 48.6 Å². The summed E-state index contributed by atoms with van der Waals surface area (Å²) in [5.41, 5.74) is 1.49. The molecule has 0 spiro atoms. The smallest absolute Gasteiger partial charge is 0.0934 e. The Bertz CT molecular complexity index is 483. The number of thiophene rings is 1. The second kappa shape index (κ2) is 5.60. The van der Waals surface area contributed by atoms with Crippen LogP contribution < -0.4 is 5.32 Å². The summed E-state index contributed by atoms with van der Waals surface area (Å²) in [6, 6.07) is 3.69. The van der Waals surface area contributed by atoms with Crippen LogP contribution in [0, 0.1) is 5.92 Å². The van der Waals surface area contributed by atoms with E-state index in [0.717, 1.165) is 16.3 Å². The van der Waals surface area contributed by atoms with Gasteiger partial charge in [-0.05, 0) is 69.2 Å². The lowest BCUT2D eigenvalue weighted by Crippen LogP contribution is -2.31. The molecule has 110 valence electrons. The fourth-order valence-electron chi connectivity index (χ4n) is 3.84. The van der Waals surface area contributed by atoms with E-state index >= 15 is 0 Å². The Labute approximate surface area is 130 Å². The van der Waals surface area contributed by atoms with Gasteiger partial charge in [0.25, 0.3) is 0 Å². The van der Waals surface area contributed by atoms with Crippen molar-refractivity contribution in [2.45, 2.75) is 50.6 Å². The Morgan fingerprint density at radius 3 is 3.05 bits per heavy atom. The van der Waals surface area contributed by atoms with Gasteiger partial charge in [0.15, 0.2) is 0 Å². The molecule has 1 aromatic heterocycles. The van der Waals surface area contributed by atoms with Gasteiger partial charge in [-0.3, -0.25) is 0 Å². The van der Waals surface area contributed by atoms with Gasteiger partial charge in [-0.15, -0.1) is 11.3 Å². The molecule has 0 bridgehead atoms. The van der Waals surface area contributed by atoms with E-state index in [0.29, 0.717) is 6.04 Å². The highest BCUT2D eigenvalue weighted by atomic mass is 35.5. The van der Waals surface area contributed by atoms with Crippen LogP contribution in [0.25, 0.3) is 0 Å². The molecule has 1 aliphatic heterocycles. The molecule has 3 aliphatic rings. The normalized spacial score (nSPS) is 30.6. The van der Waals surface area contributed by atoms with E-state index in [1.54, 1.807) is 11.3 Å². The molecule has 2 aliphatic carbocycles. The molecule has 4 rings (SSSR count). The lowest BCUT2D eigenvalue weighted by Gasteiger charge is -2.25. The van der Waals surface area contributed by atoms with Crippen LogP contribution in [0.5, 0.6) is 0 Å². The molecule has 1 N–H and O–H groups in total. The van der Waals surface area contributed by atoms with E-state index in [9.17, 15) is 0 Å². The Morgan fingerprint density at radius 2 is 2.20 bits per heavy atom. The first-order valence-corrected chi connectivity index (χ1v) is 9.24. The molecule has 1 saturated heterocycles. The summed E-state index contributed by atoms with van der Waals surface area (Å²) in [7, 11) is 0. The first kappa shape index (κ1) is 13.6. The van der Waals surface area contributed by atoms with Gasteiger partial charge in [0.2, 0.25) is 0 Å². The van der Waals surface area contributed by atoms with E-state index in [-0.39, 0.29) is 0 Å². The molecule has 2 nitrogen and oxygen atoms in total. The van der Waals surface area contributed by atoms with Crippen molar-refractivity contribution in [1.82, 2.24) is 10.2 Å². The Balaban J connectivity index is 1.33. The summed E-state index contributed by atoms with van der Waals surface area (Å²) in [5.74, 6) is 0.857. The van der Waals surface area contributed by atoms with Gasteiger partial charge < -0.3 is 10.2 Å². The summed E-state index contributed by atoms with van der Waals surface area (Å²) in [4.78, 5) is 4.23. The number of nitrogens with one attached hydrogen (secondary N) is 1. The number of halogens is 1. The molecule has 2 heterocycles. The van der Waals surface area contributed by atoms with E-state index in [2.05, 4.69) is 16.3 Å². The molecule has 2 fully saturated rings. The summed E-state index contributed by atoms with van der Waals surface area (Å²) < 4.78 is 0.962. The topological polar surface area (TPSA) is 15.3 Å². The third-order valence-corrected chi connectivity index (χ3v) is 6.46. The minimum absolute atomic E-state index is 0.553. The summed E-state index contributed by atoms with van der Waals surface area (Å²) >= 11 is 7.97. The van der Waals surface area contributed by atoms with Crippen LogP contribution in [0.4, 0.5) is 0 Å². The number of nitrogens with zero attached hydrogens (tertiary/aromatic N) is 1. The van der Waals surface area contributed by atoms with Crippen LogP contribution >= 0.6 is 22.9 Å². The van der Waals surface area contributed by atoms with Crippen molar-refractivity contribution in [1.29, 1.82) is 0 Å². The molecule has 1 aromatic rings. The van der Waals surface area contributed by atoms with Gasteiger partial charge >= 0.3 is 0 Å².